The Morgan fingerprint density at radius 2 is 1.50 bits per heavy atom. The first-order valence-electron chi connectivity index (χ1n) is 11.6. The number of allylic oxidation sites excluding steroid dienone is 2. The maximum absolute atomic E-state index is 14.4. The van der Waals surface area contributed by atoms with E-state index in [1.165, 1.54) is 17.1 Å². The molecule has 2 aliphatic rings. The summed E-state index contributed by atoms with van der Waals surface area (Å²) in [6.45, 7) is 1.77. The lowest BCUT2D eigenvalue weighted by Crippen LogP contribution is -2.50. The van der Waals surface area contributed by atoms with Crippen LogP contribution in [-0.4, -0.2) is 17.9 Å². The number of hydrazone groups is 1. The molecule has 1 aliphatic carbocycles. The predicted molar refractivity (Wildman–Crippen MR) is 132 cm³/mol. The summed E-state index contributed by atoms with van der Waals surface area (Å²) in [5, 5.41) is 5.79. The quantitative estimate of drug-likeness (QED) is 0.393. The molecule has 7 heteroatoms. The molecular weight excluding hydrogens is 465 g/mol. The van der Waals surface area contributed by atoms with E-state index in [2.05, 4.69) is 5.10 Å². The van der Waals surface area contributed by atoms with Gasteiger partial charge in [0.05, 0.1) is 17.0 Å². The van der Waals surface area contributed by atoms with Crippen molar-refractivity contribution in [2.75, 3.05) is 5.01 Å². The molecule has 0 saturated carbocycles. The molecule has 3 aromatic carbocycles. The monoisotopic (exact) mass is 488 g/mol. The number of halogens is 3. The fourth-order valence-electron chi connectivity index (χ4n) is 5.63. The minimum absolute atomic E-state index is 0.241. The van der Waals surface area contributed by atoms with Crippen molar-refractivity contribution in [3.8, 4) is 0 Å². The van der Waals surface area contributed by atoms with Crippen molar-refractivity contribution >= 4 is 23.6 Å². The van der Waals surface area contributed by atoms with Gasteiger partial charge in [-0.05, 0) is 54.3 Å². The van der Waals surface area contributed by atoms with Gasteiger partial charge in [0.2, 0.25) is 0 Å². The van der Waals surface area contributed by atoms with Crippen LogP contribution in [0.15, 0.2) is 102 Å². The van der Waals surface area contributed by atoms with Crippen molar-refractivity contribution in [2.24, 2.45) is 10.5 Å². The molecule has 0 aromatic heterocycles. The van der Waals surface area contributed by atoms with Crippen molar-refractivity contribution in [3.63, 3.8) is 0 Å². The van der Waals surface area contributed by atoms with E-state index in [-0.39, 0.29) is 17.5 Å². The van der Waals surface area contributed by atoms with Crippen LogP contribution in [0.25, 0.3) is 0 Å². The molecule has 3 aromatic rings. The van der Waals surface area contributed by atoms with E-state index in [4.69, 9.17) is 0 Å². The number of amides is 1. The van der Waals surface area contributed by atoms with Crippen LogP contribution in [-0.2, 0) is 15.8 Å². The number of hydrogen-bond acceptors (Lipinski definition) is 3. The summed E-state index contributed by atoms with van der Waals surface area (Å²) in [6.07, 6.45) is -1.37. The summed E-state index contributed by atoms with van der Waals surface area (Å²) >= 11 is 0. The summed E-state index contributed by atoms with van der Waals surface area (Å²) in [6, 6.07) is 23.4. The Kier molecular flexibility index (Phi) is 5.86. The second-order valence-electron chi connectivity index (χ2n) is 9.08. The average Bonchev–Trinajstić information content (AvgIpc) is 3.14. The highest BCUT2D eigenvalue weighted by molar-refractivity contribution is 6.21. The Labute approximate surface area is 206 Å². The Hall–Kier alpha value is -4.00. The van der Waals surface area contributed by atoms with E-state index in [0.29, 0.717) is 17.7 Å². The number of carbonyl (C=O) groups is 2. The Balaban J connectivity index is 1.70. The van der Waals surface area contributed by atoms with Crippen LogP contribution >= 0.6 is 0 Å². The minimum Gasteiger partial charge on any atom is -0.298 e. The van der Waals surface area contributed by atoms with Gasteiger partial charge in [-0.1, -0.05) is 66.7 Å². The molecule has 36 heavy (non-hydrogen) atoms. The predicted octanol–water partition coefficient (Wildman–Crippen LogP) is 6.51. The number of alkyl halides is 3. The van der Waals surface area contributed by atoms with E-state index >= 15 is 0 Å². The third kappa shape index (κ3) is 3.66. The highest BCUT2D eigenvalue weighted by Crippen LogP contribution is 2.58. The first-order chi connectivity index (χ1) is 17.3. The SMILES string of the molecule is CC1=NN(c2ccc(C(F)(F)F)cc2)C(=O)[C@@]12[C@H](c1ccccc1)CC=C(C=O)[C@H]2c1ccccc1. The Morgan fingerprint density at radius 1 is 0.917 bits per heavy atom. The van der Waals surface area contributed by atoms with Gasteiger partial charge >= 0.3 is 6.18 Å². The molecule has 0 unspecified atom stereocenters. The average molecular weight is 489 g/mol. The number of carbonyl (C=O) groups excluding carboxylic acids is 2. The largest absolute Gasteiger partial charge is 0.416 e. The van der Waals surface area contributed by atoms with Crippen LogP contribution in [0.4, 0.5) is 18.9 Å². The van der Waals surface area contributed by atoms with Crippen molar-refractivity contribution in [1.82, 2.24) is 0 Å². The van der Waals surface area contributed by atoms with E-state index in [1.807, 2.05) is 66.7 Å². The van der Waals surface area contributed by atoms with Crippen LogP contribution in [0.3, 0.4) is 0 Å². The van der Waals surface area contributed by atoms with Crippen molar-refractivity contribution < 1.29 is 22.8 Å². The molecular formula is C29H23F3N2O2. The van der Waals surface area contributed by atoms with Crippen LogP contribution < -0.4 is 5.01 Å². The van der Waals surface area contributed by atoms with Gasteiger partial charge in [-0.3, -0.25) is 9.59 Å². The molecule has 0 saturated heterocycles. The Morgan fingerprint density at radius 3 is 2.06 bits per heavy atom. The first-order valence-corrected chi connectivity index (χ1v) is 11.6. The van der Waals surface area contributed by atoms with E-state index in [0.717, 1.165) is 29.5 Å². The van der Waals surface area contributed by atoms with Crippen LogP contribution in [0.2, 0.25) is 0 Å². The fourth-order valence-corrected chi connectivity index (χ4v) is 5.63. The van der Waals surface area contributed by atoms with Crippen LogP contribution in [0, 0.1) is 5.41 Å². The van der Waals surface area contributed by atoms with Gasteiger partial charge in [0.1, 0.15) is 11.7 Å². The first kappa shape index (κ1) is 23.7. The third-order valence-electron chi connectivity index (χ3n) is 7.23. The van der Waals surface area contributed by atoms with Gasteiger partial charge in [-0.15, -0.1) is 0 Å². The van der Waals surface area contributed by atoms with Gasteiger partial charge in [0, 0.05) is 11.8 Å². The smallest absolute Gasteiger partial charge is 0.298 e. The summed E-state index contributed by atoms with van der Waals surface area (Å²) in [5.41, 5.74) is 0.946. The molecule has 0 fully saturated rings. The van der Waals surface area contributed by atoms with Crippen molar-refractivity contribution in [3.05, 3.63) is 113 Å². The molecule has 0 radical (unpaired) electrons. The summed E-state index contributed by atoms with van der Waals surface area (Å²) < 4.78 is 39.4. The van der Waals surface area contributed by atoms with Crippen LogP contribution in [0.5, 0.6) is 0 Å². The zero-order valence-electron chi connectivity index (χ0n) is 19.4. The highest BCUT2D eigenvalue weighted by atomic mass is 19.4. The summed E-state index contributed by atoms with van der Waals surface area (Å²) in [4.78, 5) is 26.7. The number of hydrogen-bond donors (Lipinski definition) is 0. The van der Waals surface area contributed by atoms with Crippen molar-refractivity contribution in [2.45, 2.75) is 31.4 Å². The molecule has 3 atom stereocenters. The number of anilines is 1. The molecule has 1 spiro atoms. The summed E-state index contributed by atoms with van der Waals surface area (Å²) in [5.74, 6) is -1.30. The lowest BCUT2D eigenvalue weighted by molar-refractivity contribution is -0.137. The number of rotatable bonds is 4. The van der Waals surface area contributed by atoms with Crippen LogP contribution in [0.1, 0.15) is 41.9 Å². The van der Waals surface area contributed by atoms with E-state index in [9.17, 15) is 22.8 Å². The van der Waals surface area contributed by atoms with Gasteiger partial charge in [0.25, 0.3) is 5.91 Å². The van der Waals surface area contributed by atoms with Crippen molar-refractivity contribution in [1.29, 1.82) is 0 Å². The third-order valence-corrected chi connectivity index (χ3v) is 7.23. The second kappa shape index (κ2) is 8.90. The highest BCUT2D eigenvalue weighted by Gasteiger charge is 2.61. The maximum atomic E-state index is 14.4. The number of aldehydes is 1. The second-order valence-corrected chi connectivity index (χ2v) is 9.08. The molecule has 1 amide bonds. The zero-order chi connectivity index (χ0) is 25.5. The minimum atomic E-state index is -4.49. The van der Waals surface area contributed by atoms with Gasteiger partial charge in [-0.2, -0.15) is 23.3 Å². The molecule has 0 N–H and O–H groups in total. The topological polar surface area (TPSA) is 49.7 Å². The number of nitrogens with zero attached hydrogens (tertiary/aromatic N) is 2. The van der Waals surface area contributed by atoms with E-state index in [1.54, 1.807) is 6.92 Å². The zero-order valence-corrected chi connectivity index (χ0v) is 19.4. The molecule has 1 aliphatic heterocycles. The maximum Gasteiger partial charge on any atom is 0.416 e. The van der Waals surface area contributed by atoms with Gasteiger partial charge in [0.15, 0.2) is 0 Å². The summed E-state index contributed by atoms with van der Waals surface area (Å²) in [7, 11) is 0. The molecule has 5 rings (SSSR count). The molecule has 182 valence electrons. The number of benzene rings is 3. The molecule has 0 bridgehead atoms. The normalized spacial score (nSPS) is 24.0. The Bertz CT molecular complexity index is 1350. The molecule has 4 nitrogen and oxygen atoms in total. The lowest BCUT2D eigenvalue weighted by Gasteiger charge is -2.45. The van der Waals surface area contributed by atoms with E-state index < -0.39 is 23.1 Å². The van der Waals surface area contributed by atoms with Gasteiger partial charge in [-0.25, -0.2) is 0 Å². The standard InChI is InChI=1S/C29H23F3N2O2/c1-19-28(27(36)34(33-19)24-15-13-23(14-16-24)29(30,31)32)25(20-8-4-2-5-9-20)17-12-22(18-35)26(28)21-10-6-3-7-11-21/h2-16,18,25-26H,17H2,1H3/t25-,26+,28+/m0/s1. The lowest BCUT2D eigenvalue weighted by atomic mass is 9.54. The molecule has 1 heterocycles. The van der Waals surface area contributed by atoms with Gasteiger partial charge < -0.3 is 0 Å². The fraction of sp³-hybridized carbons (Fsp3) is 0.207.